The van der Waals surface area contributed by atoms with Crippen LogP contribution in [-0.4, -0.2) is 37.0 Å². The first-order chi connectivity index (χ1) is 13.1. The number of benzene rings is 1. The van der Waals surface area contributed by atoms with E-state index in [2.05, 4.69) is 0 Å². The Kier molecular flexibility index (Phi) is 9.28. The average molecular weight is 405 g/mol. The highest BCUT2D eigenvalue weighted by Gasteiger charge is 2.17. The molecule has 0 atom stereocenters. The molecule has 144 valence electrons. The van der Waals surface area contributed by atoms with Crippen LogP contribution >= 0.6 is 23.5 Å². The number of carbonyl (C=O) groups excluding carboxylic acids is 2. The molecule has 0 unspecified atom stereocenters. The Hall–Kier alpha value is -1.92. The maximum absolute atomic E-state index is 12.7. The third kappa shape index (κ3) is 7.31. The predicted molar refractivity (Wildman–Crippen MR) is 114 cm³/mol. The molecule has 6 heteroatoms. The van der Waals surface area contributed by atoms with Crippen LogP contribution in [0.25, 0.3) is 6.08 Å². The maximum atomic E-state index is 12.7. The predicted octanol–water partition coefficient (Wildman–Crippen LogP) is 4.87. The summed E-state index contributed by atoms with van der Waals surface area (Å²) in [6, 6.07) is 7.46. The summed E-state index contributed by atoms with van der Waals surface area (Å²) in [7, 11) is 1.61. The van der Waals surface area contributed by atoms with Gasteiger partial charge in [-0.05, 0) is 36.3 Å². The molecule has 1 saturated heterocycles. The highest BCUT2D eigenvalue weighted by Crippen LogP contribution is 2.39. The second-order valence-electron chi connectivity index (χ2n) is 5.72. The summed E-state index contributed by atoms with van der Waals surface area (Å²) in [5.74, 6) is 2.16. The molecule has 0 bridgehead atoms. The lowest BCUT2D eigenvalue weighted by Gasteiger charge is -2.03. The van der Waals surface area contributed by atoms with Crippen molar-refractivity contribution in [3.05, 3.63) is 57.9 Å². The third-order valence-electron chi connectivity index (χ3n) is 3.71. The second-order valence-corrected chi connectivity index (χ2v) is 8.19. The van der Waals surface area contributed by atoms with Crippen LogP contribution in [0.4, 0.5) is 0 Å². The van der Waals surface area contributed by atoms with Gasteiger partial charge >= 0.3 is 5.97 Å². The van der Waals surface area contributed by atoms with Gasteiger partial charge in [0.2, 0.25) is 0 Å². The van der Waals surface area contributed by atoms with Crippen LogP contribution < -0.4 is 4.74 Å². The molecular formula is C21H24O4S2. The van der Waals surface area contributed by atoms with Gasteiger partial charge in [-0.25, -0.2) is 4.79 Å². The number of thioether (sulfide) groups is 2. The molecule has 0 spiro atoms. The summed E-state index contributed by atoms with van der Waals surface area (Å²) in [6.07, 6.45) is 8.03. The molecule has 1 aliphatic rings. The van der Waals surface area contributed by atoms with Crippen molar-refractivity contribution in [2.75, 3.05) is 25.2 Å². The number of hydrogen-bond donors (Lipinski definition) is 0. The largest absolute Gasteiger partial charge is 0.497 e. The number of carbonyl (C=O) groups is 2. The van der Waals surface area contributed by atoms with Gasteiger partial charge in [0.05, 0.1) is 18.0 Å². The number of methoxy groups -OCH3 is 1. The van der Waals surface area contributed by atoms with E-state index in [0.29, 0.717) is 12.2 Å². The summed E-state index contributed by atoms with van der Waals surface area (Å²) in [4.78, 5) is 24.5. The third-order valence-corrected chi connectivity index (χ3v) is 6.45. The van der Waals surface area contributed by atoms with Crippen LogP contribution in [0.3, 0.4) is 0 Å². The molecule has 4 nitrogen and oxygen atoms in total. The standard InChI is InChI=1S/C21H24O4S2/c1-3-4-13-25-20(23)12-10-18(21-26-14-15-27-21)19(22)11-7-16-5-8-17(24-2)9-6-16/h5-12H,3-4,13-15H2,1-2H3/b11-7+,12-10+. The van der Waals surface area contributed by atoms with Gasteiger partial charge in [-0.1, -0.05) is 31.6 Å². The zero-order chi connectivity index (χ0) is 19.5. The van der Waals surface area contributed by atoms with Gasteiger partial charge in [-0.15, -0.1) is 23.5 Å². The van der Waals surface area contributed by atoms with Crippen LogP contribution in [-0.2, 0) is 14.3 Å². The molecule has 0 aromatic heterocycles. The monoisotopic (exact) mass is 404 g/mol. The number of ether oxygens (including phenoxy) is 2. The number of allylic oxidation sites excluding steroid dienone is 3. The topological polar surface area (TPSA) is 52.6 Å². The minimum Gasteiger partial charge on any atom is -0.497 e. The summed E-state index contributed by atoms with van der Waals surface area (Å²) >= 11 is 3.29. The van der Waals surface area contributed by atoms with Gasteiger partial charge in [0.1, 0.15) is 5.75 Å². The number of unbranched alkanes of at least 4 members (excludes halogenated alkanes) is 1. The Labute approximate surface area is 169 Å². The van der Waals surface area contributed by atoms with E-state index in [9.17, 15) is 9.59 Å². The number of rotatable bonds is 9. The van der Waals surface area contributed by atoms with Gasteiger partial charge in [0, 0.05) is 23.2 Å². The zero-order valence-electron chi connectivity index (χ0n) is 15.6. The smallest absolute Gasteiger partial charge is 0.330 e. The first kappa shape index (κ1) is 21.4. The molecule has 0 N–H and O–H groups in total. The Morgan fingerprint density at radius 1 is 1.07 bits per heavy atom. The Morgan fingerprint density at radius 2 is 1.78 bits per heavy atom. The fourth-order valence-corrected chi connectivity index (χ4v) is 4.73. The van der Waals surface area contributed by atoms with Crippen LogP contribution in [0.2, 0.25) is 0 Å². The lowest BCUT2D eigenvalue weighted by molar-refractivity contribution is -0.137. The van der Waals surface area contributed by atoms with Crippen LogP contribution in [0.15, 0.2) is 52.3 Å². The summed E-state index contributed by atoms with van der Waals surface area (Å²) in [5.41, 5.74) is 1.45. The van der Waals surface area contributed by atoms with E-state index in [1.54, 1.807) is 42.8 Å². The van der Waals surface area contributed by atoms with Crippen molar-refractivity contribution in [2.24, 2.45) is 0 Å². The van der Waals surface area contributed by atoms with Gasteiger partial charge in [-0.3, -0.25) is 4.79 Å². The van der Waals surface area contributed by atoms with Gasteiger partial charge in [0.15, 0.2) is 5.78 Å². The number of ketones is 1. The van der Waals surface area contributed by atoms with Crippen molar-refractivity contribution >= 4 is 41.4 Å². The molecule has 27 heavy (non-hydrogen) atoms. The van der Waals surface area contributed by atoms with Crippen LogP contribution in [0.5, 0.6) is 5.75 Å². The lowest BCUT2D eigenvalue weighted by atomic mass is 10.1. The molecule has 1 aromatic rings. The van der Waals surface area contributed by atoms with E-state index in [0.717, 1.165) is 39.9 Å². The summed E-state index contributed by atoms with van der Waals surface area (Å²) in [6.45, 7) is 2.44. The normalized spacial score (nSPS) is 14.1. The fourth-order valence-electron chi connectivity index (χ4n) is 2.21. The Morgan fingerprint density at radius 3 is 2.41 bits per heavy atom. The fraction of sp³-hybridized carbons (Fsp3) is 0.333. The van der Waals surface area contributed by atoms with Crippen molar-refractivity contribution in [2.45, 2.75) is 19.8 Å². The maximum Gasteiger partial charge on any atom is 0.330 e. The van der Waals surface area contributed by atoms with Crippen LogP contribution in [0.1, 0.15) is 25.3 Å². The summed E-state index contributed by atoms with van der Waals surface area (Å²) < 4.78 is 11.2. The van der Waals surface area contributed by atoms with Crippen molar-refractivity contribution in [3.63, 3.8) is 0 Å². The average Bonchev–Trinajstić information content (AvgIpc) is 3.21. The molecule has 1 heterocycles. The Bertz CT molecular complexity index is 725. The van der Waals surface area contributed by atoms with Crippen molar-refractivity contribution in [1.82, 2.24) is 0 Å². The van der Waals surface area contributed by atoms with Gasteiger partial charge < -0.3 is 9.47 Å². The van der Waals surface area contributed by atoms with E-state index in [4.69, 9.17) is 9.47 Å². The van der Waals surface area contributed by atoms with Crippen molar-refractivity contribution in [3.8, 4) is 5.75 Å². The zero-order valence-corrected chi connectivity index (χ0v) is 17.2. The van der Waals surface area contributed by atoms with Crippen molar-refractivity contribution < 1.29 is 19.1 Å². The molecule has 0 amide bonds. The molecule has 0 radical (unpaired) electrons. The molecular weight excluding hydrogens is 380 g/mol. The minimum absolute atomic E-state index is 0.125. The van der Waals surface area contributed by atoms with E-state index in [-0.39, 0.29) is 5.78 Å². The van der Waals surface area contributed by atoms with Crippen LogP contribution in [0, 0.1) is 0 Å². The van der Waals surface area contributed by atoms with Gasteiger partial charge in [0.25, 0.3) is 0 Å². The molecule has 1 aliphatic heterocycles. The highest BCUT2D eigenvalue weighted by atomic mass is 32.2. The molecule has 0 aliphatic carbocycles. The van der Waals surface area contributed by atoms with E-state index >= 15 is 0 Å². The van der Waals surface area contributed by atoms with Crippen molar-refractivity contribution in [1.29, 1.82) is 0 Å². The molecule has 2 rings (SSSR count). The minimum atomic E-state index is -0.415. The van der Waals surface area contributed by atoms with E-state index < -0.39 is 5.97 Å². The number of hydrogen-bond acceptors (Lipinski definition) is 6. The quantitative estimate of drug-likeness (QED) is 0.333. The first-order valence-corrected chi connectivity index (χ1v) is 10.8. The van der Waals surface area contributed by atoms with Gasteiger partial charge in [-0.2, -0.15) is 0 Å². The molecule has 0 saturated carbocycles. The lowest BCUT2D eigenvalue weighted by Crippen LogP contribution is -2.03. The number of esters is 1. The SMILES string of the molecule is CCCCOC(=O)/C=C/C(C(=O)/C=C/c1ccc(OC)cc1)=C1SCCS1. The highest BCUT2D eigenvalue weighted by molar-refractivity contribution is 8.25. The molecule has 1 fully saturated rings. The molecule has 1 aromatic carbocycles. The summed E-state index contributed by atoms with van der Waals surface area (Å²) in [5, 5.41) is 0. The van der Waals surface area contributed by atoms with E-state index in [1.807, 2.05) is 31.2 Å². The van der Waals surface area contributed by atoms with E-state index in [1.165, 1.54) is 12.2 Å². The Balaban J connectivity index is 2.09. The second kappa shape index (κ2) is 11.7. The first-order valence-electron chi connectivity index (χ1n) is 8.85.